The lowest BCUT2D eigenvalue weighted by Gasteiger charge is -2.24. The number of hydrogen-bond acceptors (Lipinski definition) is 2. The summed E-state index contributed by atoms with van der Waals surface area (Å²) >= 11 is 0. The smallest absolute Gasteiger partial charge is 0.317 e. The molecular formula is C18H19F3N2O3. The summed E-state index contributed by atoms with van der Waals surface area (Å²) < 4.78 is 41.0. The van der Waals surface area contributed by atoms with Crippen molar-refractivity contribution in [3.63, 3.8) is 0 Å². The van der Waals surface area contributed by atoms with Gasteiger partial charge in [0.05, 0.1) is 11.5 Å². The van der Waals surface area contributed by atoms with Crippen LogP contribution in [0.25, 0.3) is 0 Å². The van der Waals surface area contributed by atoms with Crippen LogP contribution in [0, 0.1) is 28.8 Å². The first-order chi connectivity index (χ1) is 12.3. The standard InChI is InChI=1S/C18H19F3N2O3/c19-11-6-9-3-4-12(13(9)15(21)14(11)20)22-17(26)23-7-10-2-1-5-18(10,8-23)16(24)25/h6,10,12H,1-5,7-8H2,(H,22,26)(H,24,25)/t10-,12?,18+/m0/s1. The largest absolute Gasteiger partial charge is 0.481 e. The quantitative estimate of drug-likeness (QED) is 0.789. The molecular weight excluding hydrogens is 349 g/mol. The number of carboxylic acid groups (broad SMARTS) is 1. The van der Waals surface area contributed by atoms with Crippen LogP contribution in [0.3, 0.4) is 0 Å². The van der Waals surface area contributed by atoms with E-state index in [2.05, 4.69) is 5.32 Å². The molecule has 1 aromatic rings. The van der Waals surface area contributed by atoms with Crippen molar-refractivity contribution in [3.8, 4) is 0 Å². The Kier molecular flexibility index (Phi) is 3.89. The molecule has 5 nitrogen and oxygen atoms in total. The number of aliphatic carboxylic acids is 1. The molecule has 2 N–H and O–H groups in total. The van der Waals surface area contributed by atoms with Crippen LogP contribution in [0.4, 0.5) is 18.0 Å². The number of nitrogens with one attached hydrogen (secondary N) is 1. The Bertz CT molecular complexity index is 800. The van der Waals surface area contributed by atoms with E-state index in [0.717, 1.165) is 18.9 Å². The lowest BCUT2D eigenvalue weighted by molar-refractivity contribution is -0.149. The number of nitrogens with zero attached hydrogens (tertiary/aromatic N) is 1. The SMILES string of the molecule is O=C(NC1CCc2cc(F)c(F)c(F)c21)N1C[C@@H]2CCC[C@@]2(C(=O)O)C1. The minimum absolute atomic E-state index is 0.00964. The van der Waals surface area contributed by atoms with Crippen molar-refractivity contribution in [2.75, 3.05) is 13.1 Å². The van der Waals surface area contributed by atoms with Gasteiger partial charge in [-0.25, -0.2) is 18.0 Å². The third-order valence-corrected chi connectivity index (χ3v) is 6.22. The van der Waals surface area contributed by atoms with Crippen molar-refractivity contribution in [2.45, 2.75) is 38.1 Å². The van der Waals surface area contributed by atoms with E-state index in [9.17, 15) is 27.9 Å². The molecule has 8 heteroatoms. The zero-order valence-electron chi connectivity index (χ0n) is 14.0. The summed E-state index contributed by atoms with van der Waals surface area (Å²) in [7, 11) is 0. The van der Waals surface area contributed by atoms with Crippen LogP contribution in [-0.2, 0) is 11.2 Å². The number of aryl methyl sites for hydroxylation is 1. The first kappa shape index (κ1) is 17.2. The van der Waals surface area contributed by atoms with E-state index >= 15 is 0 Å². The Hall–Kier alpha value is -2.25. The molecule has 0 bridgehead atoms. The summed E-state index contributed by atoms with van der Waals surface area (Å²) in [4.78, 5) is 25.8. The van der Waals surface area contributed by atoms with Gasteiger partial charge in [-0.3, -0.25) is 4.79 Å². The van der Waals surface area contributed by atoms with Crippen LogP contribution in [0.5, 0.6) is 0 Å². The van der Waals surface area contributed by atoms with Crippen LogP contribution < -0.4 is 5.32 Å². The predicted molar refractivity (Wildman–Crippen MR) is 84.9 cm³/mol. The summed E-state index contributed by atoms with van der Waals surface area (Å²) in [6.45, 7) is 0.469. The highest BCUT2D eigenvalue weighted by atomic mass is 19.2. The number of rotatable bonds is 2. The predicted octanol–water partition coefficient (Wildman–Crippen LogP) is 2.99. The number of amides is 2. The van der Waals surface area contributed by atoms with E-state index in [-0.39, 0.29) is 18.0 Å². The average Bonchev–Trinajstić information content (AvgIpc) is 3.25. The fourth-order valence-corrected chi connectivity index (χ4v) is 4.86. The summed E-state index contributed by atoms with van der Waals surface area (Å²) in [5.41, 5.74) is -0.553. The highest BCUT2D eigenvalue weighted by Crippen LogP contribution is 2.49. The molecule has 1 heterocycles. The molecule has 0 spiro atoms. The zero-order chi connectivity index (χ0) is 18.6. The number of likely N-dealkylation sites (tertiary alicyclic amines) is 1. The maximum absolute atomic E-state index is 14.1. The normalized spacial score (nSPS) is 29.6. The minimum atomic E-state index is -1.54. The van der Waals surface area contributed by atoms with Gasteiger partial charge in [0, 0.05) is 18.7 Å². The number of fused-ring (bicyclic) bond motifs is 2. The second-order valence-electron chi connectivity index (χ2n) is 7.53. The van der Waals surface area contributed by atoms with Crippen molar-refractivity contribution < 1.29 is 27.9 Å². The fourth-order valence-electron chi connectivity index (χ4n) is 4.86. The van der Waals surface area contributed by atoms with E-state index in [1.807, 2.05) is 0 Å². The lowest BCUT2D eigenvalue weighted by Crippen LogP contribution is -2.42. The average molecular weight is 368 g/mol. The number of halogens is 3. The lowest BCUT2D eigenvalue weighted by atomic mass is 9.81. The van der Waals surface area contributed by atoms with Crippen LogP contribution in [0.1, 0.15) is 42.9 Å². The Morgan fingerprint density at radius 1 is 1.23 bits per heavy atom. The molecule has 1 saturated carbocycles. The van der Waals surface area contributed by atoms with Crippen molar-refractivity contribution in [2.24, 2.45) is 11.3 Å². The summed E-state index contributed by atoms with van der Waals surface area (Å²) in [6, 6.07) is -0.254. The monoisotopic (exact) mass is 368 g/mol. The summed E-state index contributed by atoms with van der Waals surface area (Å²) in [6.07, 6.45) is 2.83. The zero-order valence-corrected chi connectivity index (χ0v) is 14.0. The molecule has 2 fully saturated rings. The summed E-state index contributed by atoms with van der Waals surface area (Å²) in [5, 5.41) is 12.3. The third kappa shape index (κ3) is 2.38. The molecule has 0 aromatic heterocycles. The van der Waals surface area contributed by atoms with Gasteiger partial charge in [-0.2, -0.15) is 0 Å². The molecule has 4 rings (SSSR count). The van der Waals surface area contributed by atoms with Crippen molar-refractivity contribution in [1.29, 1.82) is 0 Å². The van der Waals surface area contributed by atoms with E-state index in [1.54, 1.807) is 0 Å². The van der Waals surface area contributed by atoms with Gasteiger partial charge in [0.25, 0.3) is 0 Å². The molecule has 1 saturated heterocycles. The number of carbonyl (C=O) groups is 2. The highest BCUT2D eigenvalue weighted by molar-refractivity contribution is 5.81. The number of urea groups is 1. The van der Waals surface area contributed by atoms with E-state index in [4.69, 9.17) is 0 Å². The molecule has 3 aliphatic rings. The second-order valence-corrected chi connectivity index (χ2v) is 7.53. The Morgan fingerprint density at radius 2 is 2.00 bits per heavy atom. The van der Waals surface area contributed by atoms with Crippen LogP contribution in [0.15, 0.2) is 6.07 Å². The Balaban J connectivity index is 1.52. The number of hydrogen-bond donors (Lipinski definition) is 2. The van der Waals surface area contributed by atoms with Crippen LogP contribution >= 0.6 is 0 Å². The van der Waals surface area contributed by atoms with Gasteiger partial charge in [-0.15, -0.1) is 0 Å². The molecule has 3 atom stereocenters. The summed E-state index contributed by atoms with van der Waals surface area (Å²) in [5.74, 6) is -4.99. The Morgan fingerprint density at radius 3 is 2.69 bits per heavy atom. The topological polar surface area (TPSA) is 69.6 Å². The fraction of sp³-hybridized carbons (Fsp3) is 0.556. The molecule has 1 aromatic carbocycles. The van der Waals surface area contributed by atoms with Crippen molar-refractivity contribution in [3.05, 3.63) is 34.6 Å². The molecule has 140 valence electrons. The number of carbonyl (C=O) groups excluding carboxylic acids is 1. The number of benzene rings is 1. The maximum atomic E-state index is 14.1. The molecule has 1 unspecified atom stereocenters. The molecule has 0 radical (unpaired) electrons. The molecule has 2 aliphatic carbocycles. The van der Waals surface area contributed by atoms with E-state index in [1.165, 1.54) is 4.90 Å². The molecule has 2 amide bonds. The van der Waals surface area contributed by atoms with E-state index in [0.29, 0.717) is 31.4 Å². The number of carboxylic acids is 1. The van der Waals surface area contributed by atoms with Crippen molar-refractivity contribution in [1.82, 2.24) is 10.2 Å². The van der Waals surface area contributed by atoms with Gasteiger partial charge in [0.2, 0.25) is 0 Å². The highest BCUT2D eigenvalue weighted by Gasteiger charge is 2.56. The minimum Gasteiger partial charge on any atom is -0.481 e. The van der Waals surface area contributed by atoms with Gasteiger partial charge in [-0.1, -0.05) is 6.42 Å². The first-order valence-electron chi connectivity index (χ1n) is 8.78. The van der Waals surface area contributed by atoms with Gasteiger partial charge >= 0.3 is 12.0 Å². The second kappa shape index (κ2) is 5.89. The first-order valence-corrected chi connectivity index (χ1v) is 8.78. The Labute approximate surface area is 148 Å². The van der Waals surface area contributed by atoms with E-state index < -0.39 is 40.9 Å². The third-order valence-electron chi connectivity index (χ3n) is 6.22. The van der Waals surface area contributed by atoms with Gasteiger partial charge < -0.3 is 15.3 Å². The molecule has 1 aliphatic heterocycles. The van der Waals surface area contributed by atoms with Gasteiger partial charge in [-0.05, 0) is 43.2 Å². The van der Waals surface area contributed by atoms with Gasteiger partial charge in [0.1, 0.15) is 0 Å². The van der Waals surface area contributed by atoms with Gasteiger partial charge in [0.15, 0.2) is 17.5 Å². The van der Waals surface area contributed by atoms with Crippen molar-refractivity contribution >= 4 is 12.0 Å². The van der Waals surface area contributed by atoms with Crippen LogP contribution in [-0.4, -0.2) is 35.1 Å². The maximum Gasteiger partial charge on any atom is 0.317 e. The van der Waals surface area contributed by atoms with Crippen LogP contribution in [0.2, 0.25) is 0 Å². The molecule has 26 heavy (non-hydrogen) atoms.